The standard InChI is InChI=1S/C43H45O4S.CHF3O3S/c1-42(2,3)46-33-19-23-35(24-20-33)48(36-25-21-34(22-26-36)47-43(4,5)6)41-18-12-11-17-40(41)45-30-44-28-27-32-29-31-13-7-8-14-37(31)39-16-10-9-15-38(32)39;2-1(3,4)8(5,6)7/h7-26,29H,27-28,30H2,1-6H3;(H,5,6,7)/q+1;/p-1. The molecule has 0 N–H and O–H groups in total. The van der Waals surface area contributed by atoms with Crippen molar-refractivity contribution in [3.05, 3.63) is 133 Å². The molecule has 296 valence electrons. The first-order chi connectivity index (χ1) is 26.3. The van der Waals surface area contributed by atoms with Crippen molar-refractivity contribution in [1.82, 2.24) is 0 Å². The molecule has 0 fully saturated rings. The molecule has 0 aromatic heterocycles. The average molecular weight is 807 g/mol. The quantitative estimate of drug-likeness (QED) is 0.0321. The van der Waals surface area contributed by atoms with Crippen LogP contribution in [0.5, 0.6) is 17.2 Å². The van der Waals surface area contributed by atoms with Crippen molar-refractivity contribution < 1.29 is 45.1 Å². The van der Waals surface area contributed by atoms with Crippen molar-refractivity contribution in [2.75, 3.05) is 13.4 Å². The van der Waals surface area contributed by atoms with Gasteiger partial charge in [-0.25, -0.2) is 8.42 Å². The van der Waals surface area contributed by atoms with E-state index in [0.29, 0.717) is 6.61 Å². The zero-order valence-electron chi connectivity index (χ0n) is 32.1. The molecule has 12 heteroatoms. The van der Waals surface area contributed by atoms with Crippen LogP contribution >= 0.6 is 0 Å². The number of para-hydroxylation sites is 1. The van der Waals surface area contributed by atoms with E-state index >= 15 is 0 Å². The van der Waals surface area contributed by atoms with Gasteiger partial charge in [0.15, 0.2) is 32.5 Å². The van der Waals surface area contributed by atoms with E-state index in [1.807, 2.05) is 12.1 Å². The van der Waals surface area contributed by atoms with Gasteiger partial charge in [-0.05, 0) is 136 Å². The molecule has 0 aliphatic rings. The second-order valence-corrected chi connectivity index (χ2v) is 18.1. The molecule has 0 amide bonds. The van der Waals surface area contributed by atoms with Crippen LogP contribution in [0.1, 0.15) is 47.1 Å². The molecule has 0 aliphatic heterocycles. The number of rotatable bonds is 11. The van der Waals surface area contributed by atoms with Crippen LogP contribution in [0.15, 0.2) is 142 Å². The average Bonchev–Trinajstić information content (AvgIpc) is 3.12. The monoisotopic (exact) mass is 806 g/mol. The van der Waals surface area contributed by atoms with Gasteiger partial charge < -0.3 is 23.5 Å². The molecule has 6 aromatic rings. The smallest absolute Gasteiger partial charge is 0.485 e. The van der Waals surface area contributed by atoms with Crippen LogP contribution in [0.3, 0.4) is 0 Å². The van der Waals surface area contributed by atoms with Crippen molar-refractivity contribution in [2.24, 2.45) is 0 Å². The van der Waals surface area contributed by atoms with E-state index in [1.165, 1.54) is 36.9 Å². The van der Waals surface area contributed by atoms with Gasteiger partial charge in [-0.1, -0.05) is 66.7 Å². The van der Waals surface area contributed by atoms with Gasteiger partial charge in [0.2, 0.25) is 4.90 Å². The van der Waals surface area contributed by atoms with Gasteiger partial charge in [-0.2, -0.15) is 13.2 Å². The Morgan fingerprint density at radius 1 is 0.625 bits per heavy atom. The van der Waals surface area contributed by atoms with Crippen LogP contribution in [0.2, 0.25) is 0 Å². The summed E-state index contributed by atoms with van der Waals surface area (Å²) in [6.45, 7) is 13.1. The topological polar surface area (TPSA) is 94.1 Å². The lowest BCUT2D eigenvalue weighted by molar-refractivity contribution is -0.0517. The van der Waals surface area contributed by atoms with Gasteiger partial charge in [0, 0.05) is 0 Å². The summed E-state index contributed by atoms with van der Waals surface area (Å²) >= 11 is 0. The maximum absolute atomic E-state index is 10.7. The zero-order valence-corrected chi connectivity index (χ0v) is 33.7. The van der Waals surface area contributed by atoms with Gasteiger partial charge in [-0.3, -0.25) is 0 Å². The number of halogens is 3. The minimum absolute atomic E-state index is 0.163. The second-order valence-electron chi connectivity index (χ2n) is 14.7. The number of hydrogen-bond acceptors (Lipinski definition) is 7. The fraction of sp³-hybridized carbons (Fsp3) is 0.273. The lowest BCUT2D eigenvalue weighted by Gasteiger charge is -2.21. The fourth-order valence-electron chi connectivity index (χ4n) is 5.81. The lowest BCUT2D eigenvalue weighted by atomic mass is 9.96. The third-order valence-electron chi connectivity index (χ3n) is 7.99. The number of hydrogen-bond donors (Lipinski definition) is 0. The van der Waals surface area contributed by atoms with E-state index < -0.39 is 26.5 Å². The first kappa shape index (κ1) is 42.4. The van der Waals surface area contributed by atoms with Crippen LogP contribution in [0.25, 0.3) is 21.5 Å². The Hall–Kier alpha value is -4.75. The van der Waals surface area contributed by atoms with E-state index in [2.05, 4.69) is 157 Å². The highest BCUT2D eigenvalue weighted by Gasteiger charge is 2.37. The minimum Gasteiger partial charge on any atom is -0.741 e. The third-order valence-corrected chi connectivity index (χ3v) is 10.8. The van der Waals surface area contributed by atoms with Crippen LogP contribution in [-0.4, -0.2) is 43.1 Å². The minimum atomic E-state index is -6.09. The summed E-state index contributed by atoms with van der Waals surface area (Å²) in [6.07, 6.45) is 0.798. The van der Waals surface area contributed by atoms with Crippen molar-refractivity contribution in [1.29, 1.82) is 0 Å². The van der Waals surface area contributed by atoms with E-state index in [-0.39, 0.29) is 18.0 Å². The van der Waals surface area contributed by atoms with Crippen LogP contribution in [0.4, 0.5) is 13.2 Å². The molecular formula is C44H45F3O7S2. The summed E-state index contributed by atoms with van der Waals surface area (Å²) in [7, 11) is -6.54. The maximum Gasteiger partial charge on any atom is 0.485 e. The molecule has 7 nitrogen and oxygen atoms in total. The summed E-state index contributed by atoms with van der Waals surface area (Å²) < 4.78 is 83.7. The van der Waals surface area contributed by atoms with Crippen molar-refractivity contribution in [3.8, 4) is 17.2 Å². The normalized spacial score (nSPS) is 12.3. The molecule has 6 aromatic carbocycles. The predicted octanol–water partition coefficient (Wildman–Crippen LogP) is 11.1. The van der Waals surface area contributed by atoms with Gasteiger partial charge in [0.05, 0.1) is 6.61 Å². The third kappa shape index (κ3) is 11.6. The summed E-state index contributed by atoms with van der Waals surface area (Å²) in [5.41, 5.74) is -4.90. The number of benzene rings is 6. The molecule has 0 atom stereocenters. The highest BCUT2D eigenvalue weighted by Crippen LogP contribution is 2.38. The Kier molecular flexibility index (Phi) is 13.3. The summed E-state index contributed by atoms with van der Waals surface area (Å²) in [5, 5.41) is 5.08. The second kappa shape index (κ2) is 17.6. The SMILES string of the molecule is CC(C)(C)Oc1ccc([S+](c2ccc(OC(C)(C)C)cc2)c2ccccc2OCOCCc2cc3ccccc3c3ccccc23)cc1.O=S(=O)([O-])C(F)(F)F. The largest absolute Gasteiger partial charge is 0.741 e. The zero-order chi connectivity index (χ0) is 40.7. The van der Waals surface area contributed by atoms with Crippen LogP contribution < -0.4 is 14.2 Å². The van der Waals surface area contributed by atoms with Gasteiger partial charge in [0.1, 0.15) is 33.6 Å². The van der Waals surface area contributed by atoms with E-state index in [0.717, 1.165) is 28.6 Å². The number of fused-ring (bicyclic) bond motifs is 3. The number of ether oxygens (including phenoxy) is 4. The van der Waals surface area contributed by atoms with Crippen molar-refractivity contribution in [3.63, 3.8) is 0 Å². The summed E-state index contributed by atoms with van der Waals surface area (Å²) in [4.78, 5) is 3.43. The molecule has 6 rings (SSSR count). The van der Waals surface area contributed by atoms with Gasteiger partial charge in [0.25, 0.3) is 0 Å². The first-order valence-electron chi connectivity index (χ1n) is 17.8. The van der Waals surface area contributed by atoms with Crippen LogP contribution in [0, 0.1) is 0 Å². The molecule has 0 spiro atoms. The molecule has 0 heterocycles. The highest BCUT2D eigenvalue weighted by molar-refractivity contribution is 7.97. The molecule has 0 bridgehead atoms. The van der Waals surface area contributed by atoms with E-state index in [4.69, 9.17) is 31.9 Å². The van der Waals surface area contributed by atoms with Crippen molar-refractivity contribution in [2.45, 2.75) is 79.4 Å². The summed E-state index contributed by atoms with van der Waals surface area (Å²) in [6, 6.07) is 44.6. The molecule has 0 radical (unpaired) electrons. The first-order valence-corrected chi connectivity index (χ1v) is 20.5. The van der Waals surface area contributed by atoms with Crippen LogP contribution in [-0.2, 0) is 32.2 Å². The highest BCUT2D eigenvalue weighted by atomic mass is 32.2. The lowest BCUT2D eigenvalue weighted by Crippen LogP contribution is -2.23. The Morgan fingerprint density at radius 2 is 1.09 bits per heavy atom. The van der Waals surface area contributed by atoms with E-state index in [9.17, 15) is 13.2 Å². The Labute approximate surface area is 329 Å². The predicted molar refractivity (Wildman–Crippen MR) is 215 cm³/mol. The maximum atomic E-state index is 10.7. The van der Waals surface area contributed by atoms with Crippen molar-refractivity contribution >= 4 is 42.6 Å². The van der Waals surface area contributed by atoms with E-state index in [1.54, 1.807) is 0 Å². The Bertz CT molecular complexity index is 2270. The molecule has 56 heavy (non-hydrogen) atoms. The molecule has 0 saturated heterocycles. The van der Waals surface area contributed by atoms with Gasteiger partial charge >= 0.3 is 5.51 Å². The Morgan fingerprint density at radius 3 is 1.61 bits per heavy atom. The molecule has 0 unspecified atom stereocenters. The molecular weight excluding hydrogens is 762 g/mol. The number of alkyl halides is 3. The fourth-order valence-corrected chi connectivity index (χ4v) is 7.95. The molecule has 0 aliphatic carbocycles. The van der Waals surface area contributed by atoms with Gasteiger partial charge in [-0.15, -0.1) is 0 Å². The molecule has 0 saturated carbocycles. The Balaban J connectivity index is 0.000000677. The summed E-state index contributed by atoms with van der Waals surface area (Å²) in [5.74, 6) is 2.50.